The highest BCUT2D eigenvalue weighted by molar-refractivity contribution is 5.17. The number of rotatable bonds is 5. The van der Waals surface area contributed by atoms with Crippen LogP contribution in [0.3, 0.4) is 0 Å². The van der Waals surface area contributed by atoms with Crippen LogP contribution in [0.25, 0.3) is 0 Å². The van der Waals surface area contributed by atoms with Gasteiger partial charge in [0, 0.05) is 45.8 Å². The van der Waals surface area contributed by atoms with Gasteiger partial charge in [0.1, 0.15) is 0 Å². The predicted molar refractivity (Wildman–Crippen MR) is 82.9 cm³/mol. The highest BCUT2D eigenvalue weighted by Crippen LogP contribution is 2.24. The molecule has 1 aliphatic rings. The zero-order valence-corrected chi connectivity index (χ0v) is 13.6. The van der Waals surface area contributed by atoms with Crippen molar-refractivity contribution in [1.82, 2.24) is 24.7 Å². The first kappa shape index (κ1) is 15.5. The summed E-state index contributed by atoms with van der Waals surface area (Å²) >= 11 is 0. The number of hydrogen-bond acceptors (Lipinski definition) is 4. The van der Waals surface area contributed by atoms with Crippen LogP contribution in [0.4, 0.5) is 0 Å². The van der Waals surface area contributed by atoms with Crippen LogP contribution in [0.2, 0.25) is 0 Å². The van der Waals surface area contributed by atoms with Gasteiger partial charge in [-0.2, -0.15) is 0 Å². The molecule has 1 aliphatic heterocycles. The van der Waals surface area contributed by atoms with Gasteiger partial charge in [0.2, 0.25) is 0 Å². The summed E-state index contributed by atoms with van der Waals surface area (Å²) in [5, 5.41) is 3.35. The van der Waals surface area contributed by atoms with Gasteiger partial charge in [-0.3, -0.25) is 9.80 Å². The first-order chi connectivity index (χ1) is 9.54. The quantitative estimate of drug-likeness (QED) is 0.873. The number of aromatic nitrogens is 2. The fourth-order valence-electron chi connectivity index (χ4n) is 3.19. The zero-order chi connectivity index (χ0) is 14.7. The van der Waals surface area contributed by atoms with Crippen molar-refractivity contribution in [2.45, 2.75) is 32.9 Å². The van der Waals surface area contributed by atoms with Crippen LogP contribution < -0.4 is 5.32 Å². The third-order valence-electron chi connectivity index (χ3n) is 4.41. The van der Waals surface area contributed by atoms with Gasteiger partial charge in [-0.25, -0.2) is 4.98 Å². The van der Waals surface area contributed by atoms with Crippen molar-refractivity contribution in [3.05, 3.63) is 17.7 Å². The van der Waals surface area contributed by atoms with Gasteiger partial charge in [0.05, 0.1) is 23.8 Å². The fraction of sp³-hybridized carbons (Fsp3) is 0.800. The molecule has 1 unspecified atom stereocenters. The first-order valence-electron chi connectivity index (χ1n) is 7.65. The number of likely N-dealkylation sites (N-methyl/N-ethyl adjacent to an activating group) is 1. The van der Waals surface area contributed by atoms with Crippen molar-refractivity contribution in [1.29, 1.82) is 0 Å². The second-order valence-electron chi connectivity index (χ2n) is 6.07. The van der Waals surface area contributed by atoms with Crippen LogP contribution in [0.15, 0.2) is 6.33 Å². The Balaban J connectivity index is 2.11. The number of imidazole rings is 1. The number of nitrogens with zero attached hydrogens (tertiary/aromatic N) is 4. The Morgan fingerprint density at radius 3 is 2.25 bits per heavy atom. The lowest BCUT2D eigenvalue weighted by molar-refractivity contribution is 0.0755. The molecule has 0 spiro atoms. The van der Waals surface area contributed by atoms with E-state index in [9.17, 15) is 0 Å². The minimum atomic E-state index is 0.418. The van der Waals surface area contributed by atoms with Crippen LogP contribution in [-0.4, -0.2) is 65.2 Å². The molecule has 0 saturated carbocycles. The summed E-state index contributed by atoms with van der Waals surface area (Å²) in [6, 6.07) is 1.07. The number of nitrogens with one attached hydrogen (secondary N) is 1. The van der Waals surface area contributed by atoms with Gasteiger partial charge >= 0.3 is 0 Å². The first-order valence-corrected chi connectivity index (χ1v) is 7.65. The average Bonchev–Trinajstić information content (AvgIpc) is 2.76. The maximum Gasteiger partial charge on any atom is 0.0949 e. The molecule has 1 saturated heterocycles. The molecule has 5 heteroatoms. The lowest BCUT2D eigenvalue weighted by atomic mass is 10.1. The minimum absolute atomic E-state index is 0.418. The van der Waals surface area contributed by atoms with Gasteiger partial charge in [-0.1, -0.05) is 0 Å². The van der Waals surface area contributed by atoms with E-state index in [1.165, 1.54) is 5.69 Å². The minimum Gasteiger partial charge on any atom is -0.336 e. The van der Waals surface area contributed by atoms with Crippen molar-refractivity contribution in [3.63, 3.8) is 0 Å². The molecule has 5 nitrogen and oxygen atoms in total. The second-order valence-corrected chi connectivity index (χ2v) is 6.07. The van der Waals surface area contributed by atoms with Crippen LogP contribution >= 0.6 is 0 Å². The Kier molecular flexibility index (Phi) is 5.18. The van der Waals surface area contributed by atoms with E-state index in [1.54, 1.807) is 0 Å². The summed E-state index contributed by atoms with van der Waals surface area (Å²) in [6.07, 6.45) is 1.93. The van der Waals surface area contributed by atoms with Gasteiger partial charge in [-0.05, 0) is 27.8 Å². The molecule has 2 heterocycles. The molecule has 1 aromatic heterocycles. The SMILES string of the molecule is CNCC(c1c(C)ncn1C)N1CCN(C(C)C)CC1. The maximum absolute atomic E-state index is 4.46. The summed E-state index contributed by atoms with van der Waals surface area (Å²) in [5.41, 5.74) is 2.50. The highest BCUT2D eigenvalue weighted by Gasteiger charge is 2.28. The third kappa shape index (κ3) is 3.22. The van der Waals surface area contributed by atoms with Crippen LogP contribution in [0, 0.1) is 6.92 Å². The topological polar surface area (TPSA) is 36.3 Å². The summed E-state index contributed by atoms with van der Waals surface area (Å²) in [7, 11) is 4.13. The molecule has 0 aromatic carbocycles. The summed E-state index contributed by atoms with van der Waals surface area (Å²) < 4.78 is 2.17. The van der Waals surface area contributed by atoms with Gasteiger partial charge < -0.3 is 9.88 Å². The van der Waals surface area contributed by atoms with Crippen LogP contribution in [-0.2, 0) is 7.05 Å². The molecular weight excluding hydrogens is 250 g/mol. The van der Waals surface area contributed by atoms with Crippen LogP contribution in [0.5, 0.6) is 0 Å². The van der Waals surface area contributed by atoms with E-state index in [0.717, 1.165) is 38.4 Å². The average molecular weight is 279 g/mol. The maximum atomic E-state index is 4.46. The Hall–Kier alpha value is -0.910. The number of hydrogen-bond donors (Lipinski definition) is 1. The van der Waals surface area contributed by atoms with E-state index >= 15 is 0 Å². The predicted octanol–water partition coefficient (Wildman–Crippen LogP) is 1.02. The van der Waals surface area contributed by atoms with Crippen molar-refractivity contribution >= 4 is 0 Å². The van der Waals surface area contributed by atoms with E-state index in [2.05, 4.69) is 52.5 Å². The zero-order valence-electron chi connectivity index (χ0n) is 13.6. The van der Waals surface area contributed by atoms with E-state index in [4.69, 9.17) is 0 Å². The lowest BCUT2D eigenvalue weighted by Gasteiger charge is -2.41. The van der Waals surface area contributed by atoms with Crippen LogP contribution in [0.1, 0.15) is 31.3 Å². The van der Waals surface area contributed by atoms with Crippen molar-refractivity contribution in [3.8, 4) is 0 Å². The number of aryl methyl sites for hydroxylation is 2. The molecule has 1 aromatic rings. The summed E-state index contributed by atoms with van der Waals surface area (Å²) in [6.45, 7) is 12.2. The van der Waals surface area contributed by atoms with Gasteiger partial charge in [-0.15, -0.1) is 0 Å². The molecule has 0 amide bonds. The van der Waals surface area contributed by atoms with Gasteiger partial charge in [0.15, 0.2) is 0 Å². The molecular formula is C15H29N5. The van der Waals surface area contributed by atoms with E-state index < -0.39 is 0 Å². The van der Waals surface area contributed by atoms with Crippen molar-refractivity contribution in [2.24, 2.45) is 7.05 Å². The second kappa shape index (κ2) is 6.70. The molecule has 2 rings (SSSR count). The molecule has 20 heavy (non-hydrogen) atoms. The lowest BCUT2D eigenvalue weighted by Crippen LogP contribution is -2.51. The molecule has 1 N–H and O–H groups in total. The van der Waals surface area contributed by atoms with E-state index in [-0.39, 0.29) is 0 Å². The normalized spacial score (nSPS) is 19.7. The van der Waals surface area contributed by atoms with E-state index in [0.29, 0.717) is 12.1 Å². The smallest absolute Gasteiger partial charge is 0.0949 e. The molecule has 0 aliphatic carbocycles. The molecule has 1 fully saturated rings. The Morgan fingerprint density at radius 2 is 1.80 bits per heavy atom. The summed E-state index contributed by atoms with van der Waals surface area (Å²) in [5.74, 6) is 0. The Morgan fingerprint density at radius 1 is 1.20 bits per heavy atom. The van der Waals surface area contributed by atoms with Crippen molar-refractivity contribution in [2.75, 3.05) is 39.8 Å². The highest BCUT2D eigenvalue weighted by atomic mass is 15.3. The van der Waals surface area contributed by atoms with E-state index in [1.807, 2.05) is 13.4 Å². The third-order valence-corrected chi connectivity index (χ3v) is 4.41. The molecule has 0 radical (unpaired) electrons. The van der Waals surface area contributed by atoms with Crippen molar-refractivity contribution < 1.29 is 0 Å². The molecule has 114 valence electrons. The molecule has 1 atom stereocenters. The fourth-order valence-corrected chi connectivity index (χ4v) is 3.19. The standard InChI is InChI=1S/C15H29N5/c1-12(2)19-6-8-20(9-7-19)14(10-16-4)15-13(3)17-11-18(15)5/h11-12,14,16H,6-10H2,1-5H3. The monoisotopic (exact) mass is 279 g/mol. The Labute approximate surface area is 123 Å². The largest absolute Gasteiger partial charge is 0.336 e. The number of piperazine rings is 1. The Bertz CT molecular complexity index is 398. The van der Waals surface area contributed by atoms with Gasteiger partial charge in [0.25, 0.3) is 0 Å². The summed E-state index contributed by atoms with van der Waals surface area (Å²) in [4.78, 5) is 9.61. The molecule has 0 bridgehead atoms.